The summed E-state index contributed by atoms with van der Waals surface area (Å²) < 4.78 is 15.9. The fraction of sp³-hybridized carbons (Fsp3) is 0.467. The Labute approximate surface area is 123 Å². The smallest absolute Gasteiger partial charge is 0.258 e. The van der Waals surface area contributed by atoms with Gasteiger partial charge < -0.3 is 19.3 Å². The average molecular weight is 289 g/mol. The molecule has 3 rings (SSSR count). The molecule has 1 aliphatic heterocycles. The summed E-state index contributed by atoms with van der Waals surface area (Å²) in [5.74, 6) is 3.06. The van der Waals surface area contributed by atoms with Crippen LogP contribution in [-0.4, -0.2) is 37.4 Å². The molecule has 6 nitrogen and oxygen atoms in total. The molecule has 2 heterocycles. The van der Waals surface area contributed by atoms with Gasteiger partial charge in [0.05, 0.1) is 14.2 Å². The monoisotopic (exact) mass is 289 g/mol. The van der Waals surface area contributed by atoms with E-state index in [0.29, 0.717) is 23.3 Å². The Bertz CT molecular complexity index is 584. The quantitative estimate of drug-likeness (QED) is 0.930. The Kier molecular flexibility index (Phi) is 4.06. The molecule has 1 aromatic carbocycles. The highest BCUT2D eigenvalue weighted by atomic mass is 16.5. The van der Waals surface area contributed by atoms with E-state index in [1.165, 1.54) is 0 Å². The minimum Gasteiger partial charge on any atom is -0.497 e. The first kappa shape index (κ1) is 13.9. The van der Waals surface area contributed by atoms with Crippen LogP contribution in [0.4, 0.5) is 0 Å². The van der Waals surface area contributed by atoms with Crippen molar-refractivity contribution in [1.82, 2.24) is 15.5 Å². The first-order chi connectivity index (χ1) is 10.3. The van der Waals surface area contributed by atoms with E-state index in [9.17, 15) is 0 Å². The summed E-state index contributed by atoms with van der Waals surface area (Å²) in [7, 11) is 3.24. The molecule has 112 valence electrons. The third-order valence-electron chi connectivity index (χ3n) is 3.74. The lowest BCUT2D eigenvalue weighted by Gasteiger charge is -2.18. The predicted molar refractivity (Wildman–Crippen MR) is 77.7 cm³/mol. The third-order valence-corrected chi connectivity index (χ3v) is 3.74. The van der Waals surface area contributed by atoms with Crippen LogP contribution in [0.5, 0.6) is 11.5 Å². The largest absolute Gasteiger partial charge is 0.497 e. The Morgan fingerprint density at radius 1 is 1.10 bits per heavy atom. The zero-order valence-electron chi connectivity index (χ0n) is 12.3. The van der Waals surface area contributed by atoms with Gasteiger partial charge in [0, 0.05) is 17.5 Å². The standard InChI is InChI=1S/C15H19N3O3/c1-19-12-7-11(8-13(9-12)20-2)15-17-14(18-21-15)10-3-5-16-6-4-10/h7-10,16H,3-6H2,1-2H3. The highest BCUT2D eigenvalue weighted by molar-refractivity contribution is 5.59. The van der Waals surface area contributed by atoms with Crippen LogP contribution in [0.15, 0.2) is 22.7 Å². The highest BCUT2D eigenvalue weighted by Crippen LogP contribution is 2.30. The SMILES string of the molecule is COc1cc(OC)cc(-c2nc(C3CCNCC3)no2)c1. The summed E-state index contributed by atoms with van der Waals surface area (Å²) >= 11 is 0. The second kappa shape index (κ2) is 6.13. The van der Waals surface area contributed by atoms with Gasteiger partial charge in [-0.05, 0) is 38.1 Å². The Morgan fingerprint density at radius 3 is 2.38 bits per heavy atom. The molecule has 0 radical (unpaired) electrons. The zero-order valence-corrected chi connectivity index (χ0v) is 12.3. The van der Waals surface area contributed by atoms with Gasteiger partial charge in [-0.1, -0.05) is 5.16 Å². The summed E-state index contributed by atoms with van der Waals surface area (Å²) in [5.41, 5.74) is 0.805. The third kappa shape index (κ3) is 3.00. The second-order valence-corrected chi connectivity index (χ2v) is 5.08. The first-order valence-corrected chi connectivity index (χ1v) is 7.08. The van der Waals surface area contributed by atoms with Gasteiger partial charge in [0.2, 0.25) is 0 Å². The number of piperidine rings is 1. The van der Waals surface area contributed by atoms with Crippen molar-refractivity contribution >= 4 is 0 Å². The molecule has 1 saturated heterocycles. The van der Waals surface area contributed by atoms with Crippen molar-refractivity contribution in [2.75, 3.05) is 27.3 Å². The molecule has 0 amide bonds. The van der Waals surface area contributed by atoms with Gasteiger partial charge >= 0.3 is 0 Å². The van der Waals surface area contributed by atoms with Crippen LogP contribution in [-0.2, 0) is 0 Å². The molecule has 0 atom stereocenters. The molecule has 2 aromatic rings. The number of nitrogens with one attached hydrogen (secondary N) is 1. The number of hydrogen-bond donors (Lipinski definition) is 1. The predicted octanol–water partition coefficient (Wildman–Crippen LogP) is 2.22. The molecule has 1 aliphatic rings. The van der Waals surface area contributed by atoms with E-state index in [2.05, 4.69) is 15.5 Å². The van der Waals surface area contributed by atoms with Crippen LogP contribution >= 0.6 is 0 Å². The molecule has 0 aliphatic carbocycles. The zero-order chi connectivity index (χ0) is 14.7. The van der Waals surface area contributed by atoms with E-state index in [1.807, 2.05) is 18.2 Å². The molecule has 0 saturated carbocycles. The Morgan fingerprint density at radius 2 is 1.76 bits per heavy atom. The van der Waals surface area contributed by atoms with Gasteiger partial charge in [0.25, 0.3) is 5.89 Å². The van der Waals surface area contributed by atoms with E-state index in [0.717, 1.165) is 37.3 Å². The van der Waals surface area contributed by atoms with Gasteiger partial charge in [0.15, 0.2) is 5.82 Å². The number of rotatable bonds is 4. The molecule has 0 unspecified atom stereocenters. The minimum atomic E-state index is 0.372. The van der Waals surface area contributed by atoms with E-state index in [1.54, 1.807) is 14.2 Å². The maximum Gasteiger partial charge on any atom is 0.258 e. The van der Waals surface area contributed by atoms with Gasteiger partial charge in [-0.2, -0.15) is 4.98 Å². The lowest BCUT2D eigenvalue weighted by molar-refractivity contribution is 0.388. The maximum absolute atomic E-state index is 5.41. The molecular formula is C15H19N3O3. The van der Waals surface area contributed by atoms with Crippen molar-refractivity contribution < 1.29 is 14.0 Å². The number of hydrogen-bond acceptors (Lipinski definition) is 6. The van der Waals surface area contributed by atoms with Crippen LogP contribution < -0.4 is 14.8 Å². The van der Waals surface area contributed by atoms with E-state index < -0.39 is 0 Å². The number of methoxy groups -OCH3 is 2. The van der Waals surface area contributed by atoms with E-state index in [-0.39, 0.29) is 0 Å². The lowest BCUT2D eigenvalue weighted by Crippen LogP contribution is -2.27. The fourth-order valence-electron chi connectivity index (χ4n) is 2.53. The summed E-state index contributed by atoms with van der Waals surface area (Å²) in [6.45, 7) is 2.00. The maximum atomic E-state index is 5.41. The van der Waals surface area contributed by atoms with Crippen molar-refractivity contribution in [3.63, 3.8) is 0 Å². The molecule has 1 aromatic heterocycles. The molecule has 1 N–H and O–H groups in total. The molecule has 6 heteroatoms. The molecule has 0 spiro atoms. The van der Waals surface area contributed by atoms with Gasteiger partial charge in [0.1, 0.15) is 11.5 Å². The van der Waals surface area contributed by atoms with Gasteiger partial charge in [-0.25, -0.2) is 0 Å². The van der Waals surface area contributed by atoms with Crippen molar-refractivity contribution in [3.8, 4) is 23.0 Å². The molecule has 21 heavy (non-hydrogen) atoms. The average Bonchev–Trinajstić information content (AvgIpc) is 3.05. The van der Waals surface area contributed by atoms with Crippen LogP contribution in [0.1, 0.15) is 24.6 Å². The summed E-state index contributed by atoms with van der Waals surface area (Å²) in [6.07, 6.45) is 2.08. The van der Waals surface area contributed by atoms with Crippen molar-refractivity contribution in [1.29, 1.82) is 0 Å². The molecule has 1 fully saturated rings. The summed E-state index contributed by atoms with van der Waals surface area (Å²) in [6, 6.07) is 5.54. The highest BCUT2D eigenvalue weighted by Gasteiger charge is 2.21. The fourth-order valence-corrected chi connectivity index (χ4v) is 2.53. The summed E-state index contributed by atoms with van der Waals surface area (Å²) in [4.78, 5) is 4.54. The number of nitrogens with zero attached hydrogens (tertiary/aromatic N) is 2. The van der Waals surface area contributed by atoms with Crippen LogP contribution in [0.25, 0.3) is 11.5 Å². The topological polar surface area (TPSA) is 69.4 Å². The normalized spacial score (nSPS) is 15.9. The van der Waals surface area contributed by atoms with Crippen LogP contribution in [0.3, 0.4) is 0 Å². The second-order valence-electron chi connectivity index (χ2n) is 5.08. The van der Waals surface area contributed by atoms with Gasteiger partial charge in [-0.3, -0.25) is 0 Å². The Balaban J connectivity index is 1.88. The van der Waals surface area contributed by atoms with Crippen molar-refractivity contribution in [2.45, 2.75) is 18.8 Å². The molecular weight excluding hydrogens is 270 g/mol. The first-order valence-electron chi connectivity index (χ1n) is 7.08. The Hall–Kier alpha value is -2.08. The molecule has 0 bridgehead atoms. The van der Waals surface area contributed by atoms with E-state index >= 15 is 0 Å². The van der Waals surface area contributed by atoms with Crippen molar-refractivity contribution in [2.24, 2.45) is 0 Å². The van der Waals surface area contributed by atoms with Gasteiger partial charge in [-0.15, -0.1) is 0 Å². The lowest BCUT2D eigenvalue weighted by atomic mass is 9.98. The van der Waals surface area contributed by atoms with E-state index in [4.69, 9.17) is 14.0 Å². The number of benzene rings is 1. The van der Waals surface area contributed by atoms with Crippen molar-refractivity contribution in [3.05, 3.63) is 24.0 Å². The number of ether oxygens (including phenoxy) is 2. The number of aromatic nitrogens is 2. The van der Waals surface area contributed by atoms with Crippen LogP contribution in [0, 0.1) is 0 Å². The van der Waals surface area contributed by atoms with Crippen LogP contribution in [0.2, 0.25) is 0 Å². The summed E-state index contributed by atoms with van der Waals surface area (Å²) in [5, 5.41) is 7.47. The minimum absolute atomic E-state index is 0.372.